The largest absolute Gasteiger partial charge is 0.379 e. The van der Waals surface area contributed by atoms with Crippen LogP contribution in [0.4, 0.5) is 4.39 Å². The number of hydrogen-bond donors (Lipinski definition) is 2. The van der Waals surface area contributed by atoms with E-state index in [1.54, 1.807) is 19.2 Å². The molecule has 0 aromatic heterocycles. The molecule has 5 nitrogen and oxygen atoms in total. The van der Waals surface area contributed by atoms with Crippen molar-refractivity contribution < 1.29 is 9.13 Å². The number of morpholine rings is 1. The van der Waals surface area contributed by atoms with Gasteiger partial charge < -0.3 is 15.4 Å². The average Bonchev–Trinajstić information content (AvgIpc) is 2.61. The van der Waals surface area contributed by atoms with Gasteiger partial charge in [-0.1, -0.05) is 17.7 Å². The second kappa shape index (κ2) is 9.36. The summed E-state index contributed by atoms with van der Waals surface area (Å²) in [5.74, 6) is 0.430. The molecule has 7 heteroatoms. The number of nitrogens with one attached hydrogen (secondary N) is 2. The molecule has 2 N–H and O–H groups in total. The van der Waals surface area contributed by atoms with Crippen LogP contribution in [0.2, 0.25) is 5.02 Å². The van der Waals surface area contributed by atoms with Crippen LogP contribution in [0.1, 0.15) is 19.4 Å². The molecule has 0 unspecified atom stereocenters. The van der Waals surface area contributed by atoms with Crippen molar-refractivity contribution in [3.63, 3.8) is 0 Å². The fourth-order valence-corrected chi connectivity index (χ4v) is 3.14. The summed E-state index contributed by atoms with van der Waals surface area (Å²) in [5.41, 5.74) is 0.525. The van der Waals surface area contributed by atoms with E-state index in [9.17, 15) is 4.39 Å². The molecule has 1 saturated heterocycles. The van der Waals surface area contributed by atoms with Gasteiger partial charge in [-0.3, -0.25) is 9.89 Å². The van der Waals surface area contributed by atoms with Gasteiger partial charge in [-0.05, 0) is 32.4 Å². The molecule has 0 atom stereocenters. The minimum absolute atomic E-state index is 0.00372. The molecule has 2 rings (SSSR count). The number of ether oxygens (including phenoxy) is 1. The molecule has 0 saturated carbocycles. The summed E-state index contributed by atoms with van der Waals surface area (Å²) < 4.78 is 19.2. The molecule has 1 fully saturated rings. The van der Waals surface area contributed by atoms with Crippen LogP contribution in [0.3, 0.4) is 0 Å². The van der Waals surface area contributed by atoms with Crippen LogP contribution >= 0.6 is 11.6 Å². The Hall–Kier alpha value is -1.37. The first-order chi connectivity index (χ1) is 11.9. The van der Waals surface area contributed by atoms with Crippen molar-refractivity contribution in [1.82, 2.24) is 15.5 Å². The van der Waals surface area contributed by atoms with Crippen molar-refractivity contribution in [2.75, 3.05) is 46.4 Å². The average molecular weight is 371 g/mol. The number of nitrogens with zero attached hydrogens (tertiary/aromatic N) is 2. The quantitative estimate of drug-likeness (QED) is 0.596. The molecule has 1 heterocycles. The molecular formula is C18H28ClFN4O. The highest BCUT2D eigenvalue weighted by molar-refractivity contribution is 6.31. The van der Waals surface area contributed by atoms with Gasteiger partial charge in [0.25, 0.3) is 0 Å². The Morgan fingerprint density at radius 1 is 1.32 bits per heavy atom. The van der Waals surface area contributed by atoms with E-state index in [4.69, 9.17) is 16.3 Å². The number of hydrogen-bond acceptors (Lipinski definition) is 3. The second-order valence-corrected chi connectivity index (χ2v) is 7.12. The van der Waals surface area contributed by atoms with Crippen LogP contribution < -0.4 is 10.6 Å². The topological polar surface area (TPSA) is 48.9 Å². The summed E-state index contributed by atoms with van der Waals surface area (Å²) in [5, 5.41) is 7.03. The van der Waals surface area contributed by atoms with Crippen molar-refractivity contribution in [3.8, 4) is 0 Å². The van der Waals surface area contributed by atoms with Gasteiger partial charge in [0, 0.05) is 49.4 Å². The van der Waals surface area contributed by atoms with Crippen molar-refractivity contribution in [2.24, 2.45) is 4.99 Å². The maximum atomic E-state index is 13.8. The Morgan fingerprint density at radius 3 is 2.68 bits per heavy atom. The van der Waals surface area contributed by atoms with Crippen LogP contribution in [-0.2, 0) is 11.2 Å². The van der Waals surface area contributed by atoms with E-state index in [1.165, 1.54) is 6.07 Å². The summed E-state index contributed by atoms with van der Waals surface area (Å²) in [6.07, 6.45) is 0.499. The molecule has 0 aliphatic carbocycles. The highest BCUT2D eigenvalue weighted by atomic mass is 35.5. The van der Waals surface area contributed by atoms with E-state index in [2.05, 4.69) is 34.4 Å². The van der Waals surface area contributed by atoms with Crippen LogP contribution in [0.15, 0.2) is 23.2 Å². The van der Waals surface area contributed by atoms with E-state index >= 15 is 0 Å². The summed E-state index contributed by atoms with van der Waals surface area (Å²) in [6.45, 7) is 9.15. The van der Waals surface area contributed by atoms with Gasteiger partial charge in [-0.25, -0.2) is 4.39 Å². The highest BCUT2D eigenvalue weighted by Gasteiger charge is 2.28. The van der Waals surface area contributed by atoms with Crippen molar-refractivity contribution in [2.45, 2.75) is 25.8 Å². The Kier molecular flexibility index (Phi) is 7.47. The molecule has 1 aromatic rings. The van der Waals surface area contributed by atoms with Gasteiger partial charge in [0.15, 0.2) is 5.96 Å². The lowest BCUT2D eigenvalue weighted by atomic mass is 10.0. The van der Waals surface area contributed by atoms with Gasteiger partial charge in [-0.15, -0.1) is 0 Å². The van der Waals surface area contributed by atoms with E-state index in [0.29, 0.717) is 29.5 Å². The van der Waals surface area contributed by atoms with Gasteiger partial charge in [0.05, 0.1) is 13.2 Å². The third-order valence-corrected chi connectivity index (χ3v) is 4.86. The number of benzene rings is 1. The van der Waals surface area contributed by atoms with Crippen LogP contribution in [0.25, 0.3) is 0 Å². The summed E-state index contributed by atoms with van der Waals surface area (Å²) >= 11 is 6.06. The number of rotatable bonds is 6. The smallest absolute Gasteiger partial charge is 0.191 e. The minimum atomic E-state index is -0.273. The predicted molar refractivity (Wildman–Crippen MR) is 101 cm³/mol. The third-order valence-electron chi connectivity index (χ3n) is 4.51. The predicted octanol–water partition coefficient (Wildman–Crippen LogP) is 2.30. The highest BCUT2D eigenvalue weighted by Crippen LogP contribution is 2.19. The maximum Gasteiger partial charge on any atom is 0.191 e. The number of aliphatic imine (C=N–C) groups is 1. The Morgan fingerprint density at radius 2 is 2.04 bits per heavy atom. The minimum Gasteiger partial charge on any atom is -0.379 e. The Balaban J connectivity index is 1.80. The lowest BCUT2D eigenvalue weighted by molar-refractivity contribution is -0.00833. The van der Waals surface area contributed by atoms with Crippen molar-refractivity contribution in [1.29, 1.82) is 0 Å². The molecule has 0 spiro atoms. The normalized spacial score (nSPS) is 16.8. The van der Waals surface area contributed by atoms with E-state index < -0.39 is 0 Å². The van der Waals surface area contributed by atoms with Gasteiger partial charge in [-0.2, -0.15) is 0 Å². The first-order valence-electron chi connectivity index (χ1n) is 8.64. The third kappa shape index (κ3) is 5.83. The fraction of sp³-hybridized carbons (Fsp3) is 0.611. The molecule has 0 radical (unpaired) electrons. The zero-order valence-electron chi connectivity index (χ0n) is 15.2. The zero-order chi connectivity index (χ0) is 18.3. The summed E-state index contributed by atoms with van der Waals surface area (Å²) in [4.78, 5) is 6.65. The van der Waals surface area contributed by atoms with Gasteiger partial charge in [0.1, 0.15) is 5.82 Å². The second-order valence-electron chi connectivity index (χ2n) is 6.71. The van der Waals surface area contributed by atoms with Crippen LogP contribution in [0, 0.1) is 5.82 Å². The van der Waals surface area contributed by atoms with Crippen molar-refractivity contribution in [3.05, 3.63) is 34.6 Å². The lowest BCUT2D eigenvalue weighted by Crippen LogP contribution is -2.56. The molecule has 25 heavy (non-hydrogen) atoms. The Bertz CT molecular complexity index is 568. The fourth-order valence-electron chi connectivity index (χ4n) is 2.88. The molecule has 140 valence electrons. The standard InChI is InChI=1S/C18H28ClFN4O/c1-18(2,24-9-11-25-12-10-24)13-23-17(21-3)22-8-7-14-15(19)5-4-6-16(14)20/h4-6H,7-13H2,1-3H3,(H2,21,22,23). The van der Waals surface area contributed by atoms with Gasteiger partial charge >= 0.3 is 0 Å². The van der Waals surface area contributed by atoms with Crippen LogP contribution in [0.5, 0.6) is 0 Å². The van der Waals surface area contributed by atoms with Gasteiger partial charge in [0.2, 0.25) is 0 Å². The Labute approximate surface area is 154 Å². The SMILES string of the molecule is CN=C(NCCc1c(F)cccc1Cl)NCC(C)(C)N1CCOCC1. The molecule has 1 aliphatic rings. The maximum absolute atomic E-state index is 13.8. The van der Waals surface area contributed by atoms with E-state index in [1.807, 2.05) is 0 Å². The zero-order valence-corrected chi connectivity index (χ0v) is 16.0. The molecular weight excluding hydrogens is 343 g/mol. The van der Waals surface area contributed by atoms with E-state index in [0.717, 1.165) is 32.8 Å². The summed E-state index contributed by atoms with van der Waals surface area (Å²) in [7, 11) is 1.73. The summed E-state index contributed by atoms with van der Waals surface area (Å²) in [6, 6.07) is 4.75. The molecule has 0 amide bonds. The van der Waals surface area contributed by atoms with Crippen molar-refractivity contribution >= 4 is 17.6 Å². The van der Waals surface area contributed by atoms with Crippen LogP contribution in [-0.4, -0.2) is 62.8 Å². The first kappa shape index (κ1) is 19.9. The first-order valence-corrected chi connectivity index (χ1v) is 9.02. The molecule has 1 aromatic carbocycles. The number of halogens is 2. The molecule has 1 aliphatic heterocycles. The monoisotopic (exact) mass is 370 g/mol. The molecule has 0 bridgehead atoms. The number of guanidine groups is 1. The lowest BCUT2D eigenvalue weighted by Gasteiger charge is -2.41. The van der Waals surface area contributed by atoms with E-state index in [-0.39, 0.29) is 11.4 Å².